The Balaban J connectivity index is 3.29. The molecule has 0 saturated heterocycles. The third-order valence-electron chi connectivity index (χ3n) is 1.66. The molecule has 0 aliphatic carbocycles. The van der Waals surface area contributed by atoms with E-state index in [9.17, 15) is 10.1 Å². The van der Waals surface area contributed by atoms with Crippen LogP contribution in [-0.2, 0) is 6.42 Å². The van der Waals surface area contributed by atoms with Gasteiger partial charge in [0.2, 0.25) is 0 Å². The van der Waals surface area contributed by atoms with Gasteiger partial charge in [0.1, 0.15) is 0 Å². The number of para-hydroxylation sites is 1. The molecule has 0 saturated carbocycles. The number of nitro benzene ring substituents is 1. The van der Waals surface area contributed by atoms with Crippen molar-refractivity contribution in [2.75, 3.05) is 0 Å². The van der Waals surface area contributed by atoms with E-state index in [1.54, 1.807) is 12.1 Å². The normalized spacial score (nSPS) is 9.75. The molecule has 0 fully saturated rings. The van der Waals surface area contributed by atoms with Crippen molar-refractivity contribution in [3.63, 3.8) is 0 Å². The van der Waals surface area contributed by atoms with Gasteiger partial charge in [-0.2, -0.15) is 0 Å². The van der Waals surface area contributed by atoms with E-state index in [1.807, 2.05) is 6.92 Å². The molecule has 1 aromatic carbocycles. The van der Waals surface area contributed by atoms with Crippen LogP contribution in [0.5, 0.6) is 5.75 Å². The highest BCUT2D eigenvalue weighted by atomic mass is 16.6. The minimum absolute atomic E-state index is 0.181. The number of aromatic hydroxyl groups is 1. The summed E-state index contributed by atoms with van der Waals surface area (Å²) in [6.07, 6.45) is 0.546. The molecule has 4 nitrogen and oxygen atoms in total. The summed E-state index contributed by atoms with van der Waals surface area (Å²) < 4.78 is 0. The van der Waals surface area contributed by atoms with Gasteiger partial charge in [0.15, 0.2) is 5.75 Å². The first-order chi connectivity index (χ1) is 5.66. The number of benzene rings is 1. The number of phenols is 1. The molecule has 1 rings (SSSR count). The van der Waals surface area contributed by atoms with Gasteiger partial charge < -0.3 is 5.11 Å². The second-order valence-electron chi connectivity index (χ2n) is 2.40. The monoisotopic (exact) mass is 167 g/mol. The molecule has 1 aromatic rings. The highest BCUT2D eigenvalue weighted by molar-refractivity contribution is 5.51. The lowest BCUT2D eigenvalue weighted by Crippen LogP contribution is -1.94. The van der Waals surface area contributed by atoms with Gasteiger partial charge in [-0.15, -0.1) is 0 Å². The molecule has 0 bridgehead atoms. The van der Waals surface area contributed by atoms with Crippen molar-refractivity contribution in [2.24, 2.45) is 0 Å². The molecule has 4 heteroatoms. The summed E-state index contributed by atoms with van der Waals surface area (Å²) in [6, 6.07) is 4.55. The molecule has 64 valence electrons. The number of hydrogen-bond donors (Lipinski definition) is 1. The van der Waals surface area contributed by atoms with Crippen molar-refractivity contribution in [2.45, 2.75) is 13.3 Å². The minimum atomic E-state index is -0.561. The van der Waals surface area contributed by atoms with E-state index < -0.39 is 4.92 Å². The van der Waals surface area contributed by atoms with Gasteiger partial charge in [-0.1, -0.05) is 19.1 Å². The summed E-state index contributed by atoms with van der Waals surface area (Å²) in [6.45, 7) is 1.81. The predicted molar refractivity (Wildman–Crippen MR) is 44.1 cm³/mol. The fraction of sp³-hybridized carbons (Fsp3) is 0.250. The molecule has 0 aliphatic rings. The first kappa shape index (κ1) is 8.52. The Labute approximate surface area is 69.6 Å². The smallest absolute Gasteiger partial charge is 0.313 e. The van der Waals surface area contributed by atoms with Crippen LogP contribution >= 0.6 is 0 Å². The zero-order valence-corrected chi connectivity index (χ0v) is 6.65. The number of aryl methyl sites for hydroxylation is 1. The average Bonchev–Trinajstić information content (AvgIpc) is 2.03. The Kier molecular flexibility index (Phi) is 2.28. The lowest BCUT2D eigenvalue weighted by molar-refractivity contribution is -0.386. The van der Waals surface area contributed by atoms with E-state index in [0.29, 0.717) is 12.0 Å². The van der Waals surface area contributed by atoms with Gasteiger partial charge in [0.25, 0.3) is 0 Å². The number of hydrogen-bond acceptors (Lipinski definition) is 3. The second kappa shape index (κ2) is 3.21. The first-order valence-corrected chi connectivity index (χ1v) is 3.62. The Hall–Kier alpha value is -1.58. The van der Waals surface area contributed by atoms with Crippen molar-refractivity contribution >= 4 is 5.69 Å². The summed E-state index contributed by atoms with van der Waals surface area (Å²) >= 11 is 0. The van der Waals surface area contributed by atoms with Crippen molar-refractivity contribution in [1.82, 2.24) is 0 Å². The molecule has 12 heavy (non-hydrogen) atoms. The molecule has 0 aromatic heterocycles. The second-order valence-corrected chi connectivity index (χ2v) is 2.40. The molecular formula is C8H9NO3. The summed E-state index contributed by atoms with van der Waals surface area (Å²) in [5.74, 6) is -0.264. The van der Waals surface area contributed by atoms with Crippen molar-refractivity contribution in [3.05, 3.63) is 33.9 Å². The maximum atomic E-state index is 10.4. The highest BCUT2D eigenvalue weighted by Crippen LogP contribution is 2.29. The molecule has 1 N–H and O–H groups in total. The molecule has 0 aliphatic heterocycles. The SMILES string of the molecule is CCc1cccc(O)c1[N+](=O)[O-]. The molecule has 0 heterocycles. The fourth-order valence-corrected chi connectivity index (χ4v) is 1.07. The van der Waals surface area contributed by atoms with E-state index in [4.69, 9.17) is 5.11 Å². The number of phenolic OH excluding ortho intramolecular Hbond substituents is 1. The quantitative estimate of drug-likeness (QED) is 0.540. The Bertz CT molecular complexity index is 309. The van der Waals surface area contributed by atoms with Crippen LogP contribution < -0.4 is 0 Å². The van der Waals surface area contributed by atoms with E-state index in [0.717, 1.165) is 0 Å². The third kappa shape index (κ3) is 1.37. The maximum absolute atomic E-state index is 10.4. The van der Waals surface area contributed by atoms with Gasteiger partial charge in [-0.05, 0) is 12.5 Å². The number of nitrogens with zero attached hydrogens (tertiary/aromatic N) is 1. The number of nitro groups is 1. The van der Waals surface area contributed by atoms with Crippen LogP contribution in [0.1, 0.15) is 12.5 Å². The maximum Gasteiger partial charge on any atom is 0.313 e. The zero-order valence-electron chi connectivity index (χ0n) is 6.65. The molecule has 0 spiro atoms. The van der Waals surface area contributed by atoms with Gasteiger partial charge in [-0.25, -0.2) is 0 Å². The molecule has 0 radical (unpaired) electrons. The molecule has 0 amide bonds. The van der Waals surface area contributed by atoms with Crippen LogP contribution in [-0.4, -0.2) is 10.0 Å². The predicted octanol–water partition coefficient (Wildman–Crippen LogP) is 1.86. The van der Waals surface area contributed by atoms with Crippen LogP contribution in [0, 0.1) is 10.1 Å². The zero-order chi connectivity index (χ0) is 9.14. The van der Waals surface area contributed by atoms with Gasteiger partial charge in [0.05, 0.1) is 4.92 Å². The van der Waals surface area contributed by atoms with Crippen LogP contribution in [0.4, 0.5) is 5.69 Å². The molecule has 0 unspecified atom stereocenters. The highest BCUT2D eigenvalue weighted by Gasteiger charge is 2.16. The summed E-state index contributed by atoms with van der Waals surface area (Å²) in [5, 5.41) is 19.6. The third-order valence-corrected chi connectivity index (χ3v) is 1.66. The molecule has 0 atom stereocenters. The Morgan fingerprint density at radius 1 is 1.58 bits per heavy atom. The Morgan fingerprint density at radius 3 is 2.67 bits per heavy atom. The largest absolute Gasteiger partial charge is 0.502 e. The summed E-state index contributed by atoms with van der Waals surface area (Å²) in [7, 11) is 0. The van der Waals surface area contributed by atoms with Crippen molar-refractivity contribution < 1.29 is 10.0 Å². The van der Waals surface area contributed by atoms with E-state index >= 15 is 0 Å². The van der Waals surface area contributed by atoms with Crippen LogP contribution in [0.25, 0.3) is 0 Å². The Morgan fingerprint density at radius 2 is 2.25 bits per heavy atom. The van der Waals surface area contributed by atoms with Crippen molar-refractivity contribution in [1.29, 1.82) is 0 Å². The van der Waals surface area contributed by atoms with Gasteiger partial charge in [-0.3, -0.25) is 10.1 Å². The standard InChI is InChI=1S/C8H9NO3/c1-2-6-4-3-5-7(10)8(6)9(11)12/h3-5,10H,2H2,1H3. The lowest BCUT2D eigenvalue weighted by atomic mass is 10.1. The van der Waals surface area contributed by atoms with Crippen LogP contribution in [0.2, 0.25) is 0 Å². The van der Waals surface area contributed by atoms with Gasteiger partial charge in [0, 0.05) is 5.56 Å². The molecular weight excluding hydrogens is 158 g/mol. The van der Waals surface area contributed by atoms with Crippen molar-refractivity contribution in [3.8, 4) is 5.75 Å². The fourth-order valence-electron chi connectivity index (χ4n) is 1.07. The average molecular weight is 167 g/mol. The number of rotatable bonds is 2. The lowest BCUT2D eigenvalue weighted by Gasteiger charge is -2.00. The van der Waals surface area contributed by atoms with Crippen LogP contribution in [0.15, 0.2) is 18.2 Å². The van der Waals surface area contributed by atoms with E-state index in [-0.39, 0.29) is 11.4 Å². The van der Waals surface area contributed by atoms with Crippen LogP contribution in [0.3, 0.4) is 0 Å². The first-order valence-electron chi connectivity index (χ1n) is 3.62. The van der Waals surface area contributed by atoms with Gasteiger partial charge >= 0.3 is 5.69 Å². The van der Waals surface area contributed by atoms with E-state index in [2.05, 4.69) is 0 Å². The minimum Gasteiger partial charge on any atom is -0.502 e. The summed E-state index contributed by atoms with van der Waals surface area (Å²) in [4.78, 5) is 9.89. The summed E-state index contributed by atoms with van der Waals surface area (Å²) in [5.41, 5.74) is 0.375. The topological polar surface area (TPSA) is 63.4 Å². The van der Waals surface area contributed by atoms with E-state index in [1.165, 1.54) is 6.07 Å².